The number of alkyl halides is 3. The van der Waals surface area contributed by atoms with Crippen molar-refractivity contribution in [3.05, 3.63) is 53.6 Å². The number of carboxylic acids is 1. The van der Waals surface area contributed by atoms with Crippen molar-refractivity contribution in [3.63, 3.8) is 0 Å². The fourth-order valence-corrected chi connectivity index (χ4v) is 4.20. The number of rotatable bonds is 6. The molecule has 9 nitrogen and oxygen atoms in total. The second-order valence-corrected chi connectivity index (χ2v) is 9.70. The molecule has 1 fully saturated rings. The Hall–Kier alpha value is -1.98. The summed E-state index contributed by atoms with van der Waals surface area (Å²) in [4.78, 5) is 11.3. The molecule has 0 amide bonds. The number of ether oxygens (including phenoxy) is 3. The first kappa shape index (κ1) is 25.6. The molecule has 2 aromatic rings. The summed E-state index contributed by atoms with van der Waals surface area (Å²) in [6.07, 6.45) is -9.17. The lowest BCUT2D eigenvalue weighted by Crippen LogP contribution is -2.61. The zero-order valence-electron chi connectivity index (χ0n) is 17.0. The summed E-state index contributed by atoms with van der Waals surface area (Å²) in [6.45, 7) is 0. The summed E-state index contributed by atoms with van der Waals surface area (Å²) in [5.74, 6) is -2.44. The van der Waals surface area contributed by atoms with E-state index in [1.54, 1.807) is 24.3 Å². The fourth-order valence-electron chi connectivity index (χ4n) is 3.45. The first-order valence-corrected chi connectivity index (χ1v) is 10.7. The van der Waals surface area contributed by atoms with Gasteiger partial charge >= 0.3 is 5.97 Å². The summed E-state index contributed by atoms with van der Waals surface area (Å²) < 4.78 is 13.9. The van der Waals surface area contributed by atoms with E-state index in [2.05, 4.69) is 0 Å². The molecule has 6 unspecified atom stereocenters. The molecule has 0 aromatic heterocycles. The second-order valence-electron chi connectivity index (χ2n) is 7.33. The first-order valence-electron chi connectivity index (χ1n) is 9.56. The van der Waals surface area contributed by atoms with Crippen LogP contribution in [0.15, 0.2) is 42.5 Å². The van der Waals surface area contributed by atoms with Crippen LogP contribution in [0.4, 0.5) is 0 Å². The van der Waals surface area contributed by atoms with E-state index in [-0.39, 0.29) is 11.5 Å². The van der Waals surface area contributed by atoms with Gasteiger partial charge in [-0.2, -0.15) is 0 Å². The van der Waals surface area contributed by atoms with Gasteiger partial charge in [-0.25, -0.2) is 4.79 Å². The normalized spacial score (nSPS) is 26.5. The number of hydrogen-bond donors (Lipinski definition) is 5. The van der Waals surface area contributed by atoms with Crippen molar-refractivity contribution in [1.29, 1.82) is 0 Å². The number of phenolic OH excluding ortho intramolecular Hbond substituents is 1. The van der Waals surface area contributed by atoms with E-state index in [0.717, 1.165) is 0 Å². The van der Waals surface area contributed by atoms with E-state index in [1.165, 1.54) is 25.3 Å². The average molecular weight is 524 g/mol. The van der Waals surface area contributed by atoms with Crippen LogP contribution in [0.3, 0.4) is 0 Å². The van der Waals surface area contributed by atoms with E-state index in [0.29, 0.717) is 16.9 Å². The Morgan fingerprint density at radius 1 is 1.00 bits per heavy atom. The van der Waals surface area contributed by atoms with Gasteiger partial charge in [0.25, 0.3) is 0 Å². The molecule has 12 heteroatoms. The zero-order valence-corrected chi connectivity index (χ0v) is 19.3. The number of carbonyl (C=O) groups is 1. The minimum Gasteiger partial charge on any atom is -0.504 e. The highest BCUT2D eigenvalue weighted by Crippen LogP contribution is 2.47. The maximum atomic E-state index is 11.3. The van der Waals surface area contributed by atoms with Gasteiger partial charge < -0.3 is 39.7 Å². The molecular formula is C21H21Cl3O9. The topological polar surface area (TPSA) is 146 Å². The number of carboxylic acid groups (broad SMARTS) is 1. The molecule has 1 aliphatic heterocycles. The van der Waals surface area contributed by atoms with E-state index in [1.807, 2.05) is 0 Å². The SMILES string of the molecule is COc1ccc(C(c2ccc(O)c(OC3OC(C(=O)O)C(O)C(O)C3O)c2)C(Cl)(Cl)Cl)cc1. The van der Waals surface area contributed by atoms with Crippen molar-refractivity contribution < 1.29 is 44.5 Å². The molecule has 6 atom stereocenters. The van der Waals surface area contributed by atoms with Gasteiger partial charge in [-0.15, -0.1) is 0 Å². The predicted octanol–water partition coefficient (Wildman–Crippen LogP) is 2.17. The van der Waals surface area contributed by atoms with Crippen molar-refractivity contribution in [3.8, 4) is 17.2 Å². The van der Waals surface area contributed by atoms with Crippen molar-refractivity contribution in [2.24, 2.45) is 0 Å². The van der Waals surface area contributed by atoms with Crippen LogP contribution in [-0.4, -0.2) is 73.1 Å². The summed E-state index contributed by atoms with van der Waals surface area (Å²) in [6, 6.07) is 10.8. The van der Waals surface area contributed by atoms with Gasteiger partial charge in [0.05, 0.1) is 13.0 Å². The highest BCUT2D eigenvalue weighted by atomic mass is 35.6. The van der Waals surface area contributed by atoms with Crippen LogP contribution in [0.2, 0.25) is 0 Å². The molecule has 5 N–H and O–H groups in total. The van der Waals surface area contributed by atoms with Gasteiger partial charge in [-0.05, 0) is 35.4 Å². The maximum Gasteiger partial charge on any atom is 0.335 e. The van der Waals surface area contributed by atoms with Crippen LogP contribution in [0, 0.1) is 0 Å². The number of halogens is 3. The molecule has 0 aliphatic carbocycles. The quantitative estimate of drug-likeness (QED) is 0.360. The largest absolute Gasteiger partial charge is 0.504 e. The van der Waals surface area contributed by atoms with Crippen molar-refractivity contribution in [2.75, 3.05) is 7.11 Å². The maximum absolute atomic E-state index is 11.3. The summed E-state index contributed by atoms with van der Waals surface area (Å²) in [5, 5.41) is 49.4. The molecule has 1 saturated heterocycles. The third kappa shape index (κ3) is 5.58. The Morgan fingerprint density at radius 2 is 1.61 bits per heavy atom. The smallest absolute Gasteiger partial charge is 0.335 e. The van der Waals surface area contributed by atoms with Gasteiger partial charge in [-0.3, -0.25) is 0 Å². The lowest BCUT2D eigenvalue weighted by molar-refractivity contribution is -0.271. The van der Waals surface area contributed by atoms with Gasteiger partial charge in [0, 0.05) is 0 Å². The predicted molar refractivity (Wildman–Crippen MR) is 118 cm³/mol. The summed E-state index contributed by atoms with van der Waals surface area (Å²) in [7, 11) is 1.51. The number of aliphatic carboxylic acids is 1. The number of aliphatic hydroxyl groups is 3. The van der Waals surface area contributed by atoms with Crippen LogP contribution >= 0.6 is 34.8 Å². The van der Waals surface area contributed by atoms with Crippen molar-refractivity contribution in [1.82, 2.24) is 0 Å². The van der Waals surface area contributed by atoms with Gasteiger partial charge in [0.1, 0.15) is 24.1 Å². The zero-order chi connectivity index (χ0) is 24.5. The van der Waals surface area contributed by atoms with E-state index in [4.69, 9.17) is 49.0 Å². The van der Waals surface area contributed by atoms with Crippen molar-refractivity contribution >= 4 is 40.8 Å². The third-order valence-corrected chi connectivity index (χ3v) is 5.80. The van der Waals surface area contributed by atoms with Gasteiger partial charge in [0.2, 0.25) is 10.1 Å². The fraction of sp³-hybridized carbons (Fsp3) is 0.381. The highest BCUT2D eigenvalue weighted by molar-refractivity contribution is 6.68. The number of methoxy groups -OCH3 is 1. The van der Waals surface area contributed by atoms with E-state index >= 15 is 0 Å². The lowest BCUT2D eigenvalue weighted by Gasteiger charge is -2.38. The number of benzene rings is 2. The molecule has 2 aromatic carbocycles. The molecule has 0 spiro atoms. The molecule has 1 aliphatic rings. The summed E-state index contributed by atoms with van der Waals surface area (Å²) in [5.41, 5.74) is 1.000. The molecular weight excluding hydrogens is 503 g/mol. The van der Waals surface area contributed by atoms with Crippen LogP contribution in [0.1, 0.15) is 17.0 Å². The molecule has 0 bridgehead atoms. The van der Waals surface area contributed by atoms with Gasteiger partial charge in [-0.1, -0.05) is 53.0 Å². The molecule has 0 saturated carbocycles. The minimum absolute atomic E-state index is 0.239. The van der Waals surface area contributed by atoms with Crippen LogP contribution in [0.5, 0.6) is 17.2 Å². The summed E-state index contributed by atoms with van der Waals surface area (Å²) >= 11 is 18.7. The number of aromatic hydroxyl groups is 1. The Labute approximate surface area is 203 Å². The Morgan fingerprint density at radius 3 is 2.15 bits per heavy atom. The van der Waals surface area contributed by atoms with E-state index in [9.17, 15) is 30.3 Å². The average Bonchev–Trinajstić information content (AvgIpc) is 2.75. The molecule has 1 heterocycles. The monoisotopic (exact) mass is 522 g/mol. The van der Waals surface area contributed by atoms with E-state index < -0.39 is 46.4 Å². The van der Waals surface area contributed by atoms with Crippen LogP contribution < -0.4 is 9.47 Å². The second kappa shape index (κ2) is 10.1. The number of hydrogen-bond acceptors (Lipinski definition) is 8. The Kier molecular flexibility index (Phi) is 7.85. The van der Waals surface area contributed by atoms with Crippen LogP contribution in [-0.2, 0) is 9.53 Å². The number of aliphatic hydroxyl groups excluding tert-OH is 3. The third-order valence-electron chi connectivity index (χ3n) is 5.15. The van der Waals surface area contributed by atoms with Crippen molar-refractivity contribution in [2.45, 2.75) is 40.4 Å². The van der Waals surface area contributed by atoms with Crippen LogP contribution in [0.25, 0.3) is 0 Å². The minimum atomic E-state index is -1.89. The molecule has 33 heavy (non-hydrogen) atoms. The molecule has 3 rings (SSSR count). The Balaban J connectivity index is 1.95. The van der Waals surface area contributed by atoms with Gasteiger partial charge in [0.15, 0.2) is 17.6 Å². The highest BCUT2D eigenvalue weighted by Gasteiger charge is 2.48. The number of phenols is 1. The molecule has 180 valence electrons. The lowest BCUT2D eigenvalue weighted by atomic mass is 9.92. The standard InChI is InChI=1S/C21H21Cl3O9/c1-31-11-5-2-9(3-6-11)14(21(22,23)24)10-4-7-12(25)13(8-10)32-20-17(28)15(26)16(27)18(33-20)19(29)30/h2-8,14-18,20,25-28H,1H3,(H,29,30). The first-order chi connectivity index (χ1) is 15.4. The Bertz CT molecular complexity index is 980. The molecule has 0 radical (unpaired) electrons.